The molecule has 0 aromatic carbocycles. The summed E-state index contributed by atoms with van der Waals surface area (Å²) in [5.41, 5.74) is 5.42. The van der Waals surface area contributed by atoms with E-state index in [0.717, 1.165) is 18.6 Å². The van der Waals surface area contributed by atoms with E-state index in [1.807, 2.05) is 12.1 Å². The van der Waals surface area contributed by atoms with Gasteiger partial charge in [-0.2, -0.15) is 4.98 Å². The number of hydrogen-bond donors (Lipinski definition) is 3. The lowest BCUT2D eigenvalue weighted by Crippen LogP contribution is -2.16. The number of aromatic nitrogens is 3. The number of aromatic amines is 1. The number of nitrogens with one attached hydrogen (secondary N) is 2. The molecule has 0 aliphatic rings. The van der Waals surface area contributed by atoms with Gasteiger partial charge in [0.2, 0.25) is 11.9 Å². The number of H-pyrrole nitrogens is 1. The summed E-state index contributed by atoms with van der Waals surface area (Å²) in [6.45, 7) is 2.06. The first kappa shape index (κ1) is 10.5. The van der Waals surface area contributed by atoms with Crippen LogP contribution in [0.4, 0.5) is 11.9 Å². The van der Waals surface area contributed by atoms with E-state index < -0.39 is 0 Å². The molecule has 6 nitrogen and oxygen atoms in total. The van der Waals surface area contributed by atoms with E-state index in [4.69, 9.17) is 10.2 Å². The van der Waals surface area contributed by atoms with Gasteiger partial charge in [-0.1, -0.05) is 0 Å². The van der Waals surface area contributed by atoms with Crippen LogP contribution in [0.2, 0.25) is 0 Å². The standard InChI is InChI=1S/C10H15N5O/c1-7(4-5-8-3-2-6-16-8)12-10-13-9(11)14-15-10/h2-3,6-7H,4-5H2,1H3,(H4,11,12,13,14,15). The van der Waals surface area contributed by atoms with E-state index in [0.29, 0.717) is 11.9 Å². The Bertz CT molecular complexity index is 422. The lowest BCUT2D eigenvalue weighted by atomic mass is 10.1. The van der Waals surface area contributed by atoms with Gasteiger partial charge in [-0.05, 0) is 25.5 Å². The number of nitrogens with two attached hydrogens (primary N) is 1. The molecule has 2 aromatic heterocycles. The fourth-order valence-corrected chi connectivity index (χ4v) is 1.45. The van der Waals surface area contributed by atoms with E-state index in [1.54, 1.807) is 6.26 Å². The molecule has 0 aliphatic carbocycles. The molecule has 86 valence electrons. The fourth-order valence-electron chi connectivity index (χ4n) is 1.45. The Morgan fingerprint density at radius 2 is 2.50 bits per heavy atom. The van der Waals surface area contributed by atoms with Crippen molar-refractivity contribution in [2.45, 2.75) is 25.8 Å². The van der Waals surface area contributed by atoms with Crippen molar-refractivity contribution < 1.29 is 4.42 Å². The molecule has 4 N–H and O–H groups in total. The zero-order valence-electron chi connectivity index (χ0n) is 9.10. The molecule has 6 heteroatoms. The molecule has 1 atom stereocenters. The SMILES string of the molecule is CC(CCc1ccco1)Nc1n[nH]c(N)n1. The van der Waals surface area contributed by atoms with Crippen molar-refractivity contribution in [2.24, 2.45) is 0 Å². The number of nitrogens with zero attached hydrogens (tertiary/aromatic N) is 2. The highest BCUT2D eigenvalue weighted by Crippen LogP contribution is 2.09. The summed E-state index contributed by atoms with van der Waals surface area (Å²) in [6, 6.07) is 4.13. The maximum Gasteiger partial charge on any atom is 0.243 e. The lowest BCUT2D eigenvalue weighted by Gasteiger charge is -2.10. The summed E-state index contributed by atoms with van der Waals surface area (Å²) in [4.78, 5) is 3.97. The Morgan fingerprint density at radius 3 is 3.12 bits per heavy atom. The van der Waals surface area contributed by atoms with Gasteiger partial charge < -0.3 is 15.5 Å². The van der Waals surface area contributed by atoms with E-state index >= 15 is 0 Å². The minimum absolute atomic E-state index is 0.264. The number of aryl methyl sites for hydroxylation is 1. The van der Waals surface area contributed by atoms with E-state index in [2.05, 4.69) is 27.4 Å². The Morgan fingerprint density at radius 1 is 1.62 bits per heavy atom. The Labute approximate surface area is 93.2 Å². The topological polar surface area (TPSA) is 92.8 Å². The van der Waals surface area contributed by atoms with E-state index in [9.17, 15) is 0 Å². The van der Waals surface area contributed by atoms with Gasteiger partial charge in [0, 0.05) is 12.5 Å². The third kappa shape index (κ3) is 2.75. The van der Waals surface area contributed by atoms with Crippen LogP contribution < -0.4 is 11.1 Å². The largest absolute Gasteiger partial charge is 0.469 e. The van der Waals surface area contributed by atoms with Crippen LogP contribution in [0.3, 0.4) is 0 Å². The normalized spacial score (nSPS) is 12.6. The Hall–Kier alpha value is -1.98. The van der Waals surface area contributed by atoms with Crippen molar-refractivity contribution in [1.29, 1.82) is 0 Å². The Balaban J connectivity index is 1.78. The average molecular weight is 221 g/mol. The predicted octanol–water partition coefficient (Wildman–Crippen LogP) is 1.41. The fraction of sp³-hybridized carbons (Fsp3) is 0.400. The maximum absolute atomic E-state index is 5.42. The number of hydrogen-bond acceptors (Lipinski definition) is 5. The molecule has 1 unspecified atom stereocenters. The van der Waals surface area contributed by atoms with Crippen molar-refractivity contribution in [3.8, 4) is 0 Å². The van der Waals surface area contributed by atoms with Gasteiger partial charge in [-0.25, -0.2) is 5.10 Å². The first-order valence-electron chi connectivity index (χ1n) is 5.21. The van der Waals surface area contributed by atoms with Gasteiger partial charge in [0.1, 0.15) is 5.76 Å². The molecule has 0 fully saturated rings. The number of nitrogen functional groups attached to an aromatic ring is 1. The predicted molar refractivity (Wildman–Crippen MR) is 60.9 cm³/mol. The third-order valence-electron chi connectivity index (χ3n) is 2.28. The van der Waals surface area contributed by atoms with Crippen LogP contribution in [0.25, 0.3) is 0 Å². The van der Waals surface area contributed by atoms with Gasteiger partial charge in [-0.15, -0.1) is 5.10 Å². The molecule has 0 aliphatic heterocycles. The van der Waals surface area contributed by atoms with Crippen LogP contribution in [0.1, 0.15) is 19.1 Å². The van der Waals surface area contributed by atoms with Gasteiger partial charge in [0.25, 0.3) is 0 Å². The molecule has 0 saturated heterocycles. The summed E-state index contributed by atoms with van der Waals surface area (Å²) >= 11 is 0. The molecule has 2 aromatic rings. The van der Waals surface area contributed by atoms with Crippen LogP contribution in [0.5, 0.6) is 0 Å². The first-order chi connectivity index (χ1) is 7.74. The van der Waals surface area contributed by atoms with Crippen LogP contribution in [-0.2, 0) is 6.42 Å². The zero-order valence-corrected chi connectivity index (χ0v) is 9.10. The molecule has 0 spiro atoms. The van der Waals surface area contributed by atoms with Crippen molar-refractivity contribution in [3.63, 3.8) is 0 Å². The van der Waals surface area contributed by atoms with E-state index in [-0.39, 0.29) is 6.04 Å². The average Bonchev–Trinajstić information content (AvgIpc) is 2.87. The third-order valence-corrected chi connectivity index (χ3v) is 2.28. The van der Waals surface area contributed by atoms with Gasteiger partial charge >= 0.3 is 0 Å². The maximum atomic E-state index is 5.42. The van der Waals surface area contributed by atoms with Crippen molar-refractivity contribution in [1.82, 2.24) is 15.2 Å². The quantitative estimate of drug-likeness (QED) is 0.710. The summed E-state index contributed by atoms with van der Waals surface area (Å²) in [6.07, 6.45) is 3.52. The van der Waals surface area contributed by atoms with Crippen molar-refractivity contribution >= 4 is 11.9 Å². The number of anilines is 2. The summed E-state index contributed by atoms with van der Waals surface area (Å²) in [7, 11) is 0. The zero-order chi connectivity index (χ0) is 11.4. The lowest BCUT2D eigenvalue weighted by molar-refractivity contribution is 0.494. The molecule has 0 radical (unpaired) electrons. The van der Waals surface area contributed by atoms with Gasteiger partial charge in [0.15, 0.2) is 0 Å². The monoisotopic (exact) mass is 221 g/mol. The van der Waals surface area contributed by atoms with Crippen LogP contribution in [0.15, 0.2) is 22.8 Å². The minimum Gasteiger partial charge on any atom is -0.469 e. The van der Waals surface area contributed by atoms with Crippen molar-refractivity contribution in [3.05, 3.63) is 24.2 Å². The molecule has 2 rings (SSSR count). The number of rotatable bonds is 5. The number of furan rings is 1. The second-order valence-electron chi connectivity index (χ2n) is 3.71. The minimum atomic E-state index is 0.264. The summed E-state index contributed by atoms with van der Waals surface area (Å²) in [5, 5.41) is 9.63. The molecule has 16 heavy (non-hydrogen) atoms. The van der Waals surface area contributed by atoms with E-state index in [1.165, 1.54) is 0 Å². The summed E-state index contributed by atoms with van der Waals surface area (Å²) in [5.74, 6) is 1.84. The molecule has 0 bridgehead atoms. The second-order valence-corrected chi connectivity index (χ2v) is 3.71. The summed E-state index contributed by atoms with van der Waals surface area (Å²) < 4.78 is 5.25. The van der Waals surface area contributed by atoms with Gasteiger partial charge in [0.05, 0.1) is 6.26 Å². The smallest absolute Gasteiger partial charge is 0.243 e. The van der Waals surface area contributed by atoms with Crippen LogP contribution in [-0.4, -0.2) is 21.2 Å². The van der Waals surface area contributed by atoms with Crippen molar-refractivity contribution in [2.75, 3.05) is 11.1 Å². The Kier molecular flexibility index (Phi) is 3.09. The molecule has 0 saturated carbocycles. The highest BCUT2D eigenvalue weighted by molar-refractivity contribution is 5.30. The molecule has 2 heterocycles. The highest BCUT2D eigenvalue weighted by atomic mass is 16.3. The molecular formula is C10H15N5O. The second kappa shape index (κ2) is 4.69. The molecule has 0 amide bonds. The molecular weight excluding hydrogens is 206 g/mol. The first-order valence-corrected chi connectivity index (χ1v) is 5.21. The van der Waals surface area contributed by atoms with Crippen LogP contribution >= 0.6 is 0 Å². The van der Waals surface area contributed by atoms with Gasteiger partial charge in [-0.3, -0.25) is 0 Å². The highest BCUT2D eigenvalue weighted by Gasteiger charge is 2.06. The van der Waals surface area contributed by atoms with Crippen LogP contribution in [0, 0.1) is 0 Å².